The highest BCUT2D eigenvalue weighted by molar-refractivity contribution is 6.05. The predicted octanol–water partition coefficient (Wildman–Crippen LogP) is -1.86. The number of carbonyl (C=O) groups is 4. The van der Waals surface area contributed by atoms with E-state index in [9.17, 15) is 19.2 Å². The van der Waals surface area contributed by atoms with Crippen molar-refractivity contribution in [2.45, 2.75) is 37.1 Å². The number of hydrogen-bond acceptors (Lipinski definition) is 12. The van der Waals surface area contributed by atoms with Crippen molar-refractivity contribution >= 4 is 35.0 Å². The minimum atomic E-state index is -0.698. The molecule has 2 aromatic rings. The molecule has 2 saturated heterocycles. The molecule has 2 aromatic carbocycles. The van der Waals surface area contributed by atoms with Gasteiger partial charge in [-0.1, -0.05) is 0 Å². The highest BCUT2D eigenvalue weighted by Gasteiger charge is 2.29. The Kier molecular flexibility index (Phi) is 14.6. The second kappa shape index (κ2) is 17.9. The van der Waals surface area contributed by atoms with Gasteiger partial charge in [-0.15, -0.1) is 0 Å². The number of benzene rings is 2. The van der Waals surface area contributed by atoms with Crippen LogP contribution in [-0.2, 0) is 9.47 Å². The van der Waals surface area contributed by atoms with E-state index in [0.717, 1.165) is 25.9 Å². The van der Waals surface area contributed by atoms with Gasteiger partial charge in [0.2, 0.25) is 0 Å². The number of ether oxygens (including phenoxy) is 4. The molecular weight excluding hydrogens is 616 g/mol. The zero-order chi connectivity index (χ0) is 34.0. The summed E-state index contributed by atoms with van der Waals surface area (Å²) in [4.78, 5) is 48.0. The van der Waals surface area contributed by atoms with Gasteiger partial charge in [0.25, 0.3) is 23.6 Å². The van der Waals surface area contributed by atoms with Crippen LogP contribution in [0.4, 0.5) is 11.4 Å². The van der Waals surface area contributed by atoms with E-state index in [-0.39, 0.29) is 86.7 Å². The third kappa shape index (κ3) is 9.66. The minimum absolute atomic E-state index is 0. The van der Waals surface area contributed by atoms with E-state index in [4.69, 9.17) is 41.9 Å². The molecule has 0 radical (unpaired) electrons. The van der Waals surface area contributed by atoms with E-state index in [1.807, 2.05) is 0 Å². The molecule has 260 valence electrons. The summed E-state index contributed by atoms with van der Waals surface area (Å²) < 4.78 is 21.1. The number of carbonyl (C=O) groups excluding carboxylic acids is 4. The second-order valence-electron chi connectivity index (χ2n) is 10.7. The van der Waals surface area contributed by atoms with Crippen LogP contribution in [-0.4, -0.2) is 108 Å². The van der Waals surface area contributed by atoms with E-state index in [2.05, 4.69) is 21.3 Å². The van der Waals surface area contributed by atoms with Crippen LogP contribution in [0.25, 0.3) is 0 Å². The van der Waals surface area contributed by atoms with E-state index < -0.39 is 11.8 Å². The first-order valence-corrected chi connectivity index (χ1v) is 14.6. The summed E-state index contributed by atoms with van der Waals surface area (Å²) in [6, 6.07) is 5.29. The number of primary amides is 2. The van der Waals surface area contributed by atoms with Crippen LogP contribution >= 0.6 is 0 Å². The van der Waals surface area contributed by atoms with Gasteiger partial charge in [-0.05, 0) is 38.1 Å². The van der Waals surface area contributed by atoms with Crippen LogP contribution in [0.3, 0.4) is 0 Å². The zero-order valence-electron chi connectivity index (χ0n) is 26.9. The molecule has 4 atom stereocenters. The summed E-state index contributed by atoms with van der Waals surface area (Å²) >= 11 is 0. The number of nitrogens with two attached hydrogens (primary N) is 4. The zero-order valence-corrected chi connectivity index (χ0v) is 26.9. The molecule has 4 rings (SSSR count). The van der Waals surface area contributed by atoms with Gasteiger partial charge in [0.05, 0.1) is 60.8 Å². The number of amides is 4. The van der Waals surface area contributed by atoms with Gasteiger partial charge in [-0.3, -0.25) is 19.2 Å². The van der Waals surface area contributed by atoms with Gasteiger partial charge in [0, 0.05) is 50.8 Å². The third-order valence-electron chi connectivity index (χ3n) is 7.85. The van der Waals surface area contributed by atoms with Crippen molar-refractivity contribution in [3.8, 4) is 11.5 Å². The molecule has 4 amide bonds. The van der Waals surface area contributed by atoms with Gasteiger partial charge in [-0.25, -0.2) is 0 Å². The summed E-state index contributed by atoms with van der Waals surface area (Å²) in [5.74, 6) is -1.55. The maximum absolute atomic E-state index is 12.6. The Morgan fingerprint density at radius 2 is 1.02 bits per heavy atom. The van der Waals surface area contributed by atoms with Crippen molar-refractivity contribution in [1.82, 2.24) is 21.3 Å². The first kappa shape index (κ1) is 38.5. The number of piperidine rings is 2. The van der Waals surface area contributed by atoms with Gasteiger partial charge in [0.15, 0.2) is 0 Å². The molecule has 0 aliphatic carbocycles. The van der Waals surface area contributed by atoms with Crippen LogP contribution in [0.2, 0.25) is 0 Å². The molecule has 2 aliphatic rings. The van der Waals surface area contributed by atoms with Crippen molar-refractivity contribution in [3.05, 3.63) is 46.5 Å². The summed E-state index contributed by atoms with van der Waals surface area (Å²) in [6.45, 7) is 2.89. The maximum atomic E-state index is 12.6. The van der Waals surface area contributed by atoms with E-state index in [1.165, 1.54) is 38.5 Å². The first-order valence-electron chi connectivity index (χ1n) is 14.6. The fourth-order valence-corrected chi connectivity index (χ4v) is 5.29. The number of nitrogens with one attached hydrogen (secondary N) is 4. The fourth-order valence-electron chi connectivity index (χ4n) is 5.29. The SMILES string of the molecule is COc1cc(N)c(C(N)=O)cc1C(=O)NC1CCNCC1OC.COc1cc(N)c(C(N)=O)cc1C(=O)NC1CCNCC1OC.O. The largest absolute Gasteiger partial charge is 0.496 e. The highest BCUT2D eigenvalue weighted by Crippen LogP contribution is 2.27. The van der Waals surface area contributed by atoms with Crippen molar-refractivity contribution in [1.29, 1.82) is 0 Å². The topological polar surface area (TPSA) is 289 Å². The lowest BCUT2D eigenvalue weighted by Gasteiger charge is -2.31. The summed E-state index contributed by atoms with van der Waals surface area (Å²) in [6.07, 6.45) is 1.24. The van der Waals surface area contributed by atoms with Crippen molar-refractivity contribution in [2.75, 3.05) is 66.1 Å². The lowest BCUT2D eigenvalue weighted by Crippen LogP contribution is -2.53. The van der Waals surface area contributed by atoms with Crippen LogP contribution in [0.15, 0.2) is 24.3 Å². The Hall–Kier alpha value is -4.68. The monoisotopic (exact) mass is 662 g/mol. The third-order valence-corrected chi connectivity index (χ3v) is 7.85. The Morgan fingerprint density at radius 3 is 1.32 bits per heavy atom. The molecule has 2 heterocycles. The lowest BCUT2D eigenvalue weighted by molar-refractivity contribution is 0.0475. The Balaban J connectivity index is 0.000000320. The number of methoxy groups -OCH3 is 4. The fraction of sp³-hybridized carbons (Fsp3) is 0.467. The number of hydrogen-bond donors (Lipinski definition) is 8. The molecule has 2 fully saturated rings. The molecular formula is C30H46N8O9. The number of anilines is 2. The van der Waals surface area contributed by atoms with Gasteiger partial charge < -0.3 is 68.6 Å². The second-order valence-corrected chi connectivity index (χ2v) is 10.7. The highest BCUT2D eigenvalue weighted by atomic mass is 16.5. The average molecular weight is 663 g/mol. The summed E-state index contributed by atoms with van der Waals surface area (Å²) in [7, 11) is 6.06. The molecule has 14 N–H and O–H groups in total. The molecule has 2 aliphatic heterocycles. The molecule has 17 heteroatoms. The van der Waals surface area contributed by atoms with E-state index >= 15 is 0 Å². The van der Waals surface area contributed by atoms with E-state index in [1.54, 1.807) is 14.2 Å². The van der Waals surface area contributed by atoms with Gasteiger partial charge >= 0.3 is 0 Å². The van der Waals surface area contributed by atoms with Crippen LogP contribution < -0.4 is 53.7 Å². The van der Waals surface area contributed by atoms with Crippen LogP contribution in [0.5, 0.6) is 11.5 Å². The smallest absolute Gasteiger partial charge is 0.255 e. The van der Waals surface area contributed by atoms with Gasteiger partial charge in [0.1, 0.15) is 11.5 Å². The minimum Gasteiger partial charge on any atom is -0.496 e. The van der Waals surface area contributed by atoms with Crippen LogP contribution in [0, 0.1) is 0 Å². The standard InChI is InChI=1S/2C15H22N4O4.H2O/c2*1-22-12-6-10(16)8(14(17)20)5-9(12)15(21)19-11-3-4-18-7-13(11)23-2;/h2*5-6,11,13,18H,3-4,7,16H2,1-2H3,(H2,17,20)(H,19,21);1H2. The normalized spacial score (nSPS) is 20.3. The Bertz CT molecular complexity index is 1320. The molecule has 0 aromatic heterocycles. The summed E-state index contributed by atoms with van der Waals surface area (Å²) in [5.41, 5.74) is 23.0. The number of nitrogen functional groups attached to an aromatic ring is 2. The Labute approximate surface area is 272 Å². The molecule has 0 saturated carbocycles. The van der Waals surface area contributed by atoms with E-state index in [0.29, 0.717) is 13.1 Å². The molecule has 47 heavy (non-hydrogen) atoms. The van der Waals surface area contributed by atoms with Crippen molar-refractivity contribution < 1.29 is 43.6 Å². The van der Waals surface area contributed by atoms with Gasteiger partial charge in [-0.2, -0.15) is 0 Å². The Morgan fingerprint density at radius 1 is 0.660 bits per heavy atom. The predicted molar refractivity (Wildman–Crippen MR) is 175 cm³/mol. The molecule has 4 unspecified atom stereocenters. The van der Waals surface area contributed by atoms with Crippen molar-refractivity contribution in [2.24, 2.45) is 11.5 Å². The first-order chi connectivity index (χ1) is 21.9. The molecule has 0 bridgehead atoms. The molecule has 17 nitrogen and oxygen atoms in total. The maximum Gasteiger partial charge on any atom is 0.255 e. The average Bonchev–Trinajstić information content (AvgIpc) is 3.04. The number of rotatable bonds is 10. The van der Waals surface area contributed by atoms with Crippen LogP contribution in [0.1, 0.15) is 54.3 Å². The quantitative estimate of drug-likeness (QED) is 0.130. The lowest BCUT2D eigenvalue weighted by atomic mass is 10.0. The van der Waals surface area contributed by atoms with Crippen molar-refractivity contribution in [3.63, 3.8) is 0 Å². The molecule has 0 spiro atoms. The summed E-state index contributed by atoms with van der Waals surface area (Å²) in [5, 5.41) is 12.2.